The van der Waals surface area contributed by atoms with Gasteiger partial charge in [0.15, 0.2) is 0 Å². The average molecular weight is 409 g/mol. The zero-order chi connectivity index (χ0) is 20.6. The van der Waals surface area contributed by atoms with Gasteiger partial charge in [0.25, 0.3) is 5.69 Å². The largest absolute Gasteiger partial charge is 0.477 e. The predicted octanol–water partition coefficient (Wildman–Crippen LogP) is 1.88. The Labute approximate surface area is 160 Å². The van der Waals surface area contributed by atoms with Crippen LogP contribution in [0.5, 0.6) is 0 Å². The molecule has 1 fully saturated rings. The first-order valence-electron chi connectivity index (χ1n) is 8.73. The van der Waals surface area contributed by atoms with E-state index in [1.807, 2.05) is 11.6 Å². The van der Waals surface area contributed by atoms with Crippen LogP contribution in [-0.2, 0) is 27.7 Å². The molecule has 3 rings (SSSR count). The second-order valence-electron chi connectivity index (χ2n) is 6.70. The molecule has 0 radical (unpaired) electrons. The molecule has 1 aliphatic carbocycles. The number of carboxylic acid groups (broad SMARTS) is 1. The summed E-state index contributed by atoms with van der Waals surface area (Å²) >= 11 is 0. The highest BCUT2D eigenvalue weighted by molar-refractivity contribution is 7.90. The minimum atomic E-state index is -3.69. The van der Waals surface area contributed by atoms with Crippen molar-refractivity contribution < 1.29 is 28.0 Å². The number of carbonyl (C=O) groups is 2. The number of rotatable bonds is 8. The standard InChI is InChI=1S/C17H19N3O7S/c1-2-9-7-12-11(5-6-14(21)19-28(26,27)10-3-4-10)16(17(22)23)18-15(12)13(8-9)20(24)25/h7-8,10,18H,2-6H2,1H3,(H,19,21)(H,22,23). The molecule has 0 bridgehead atoms. The molecule has 3 N–H and O–H groups in total. The van der Waals surface area contributed by atoms with Crippen molar-refractivity contribution in [3.8, 4) is 0 Å². The van der Waals surface area contributed by atoms with Gasteiger partial charge >= 0.3 is 5.97 Å². The summed E-state index contributed by atoms with van der Waals surface area (Å²) in [5, 5.41) is 20.6. The highest BCUT2D eigenvalue weighted by Gasteiger charge is 2.36. The van der Waals surface area contributed by atoms with Gasteiger partial charge in [0.2, 0.25) is 15.9 Å². The smallest absolute Gasteiger partial charge is 0.352 e. The van der Waals surface area contributed by atoms with Crippen LogP contribution in [0.25, 0.3) is 10.9 Å². The lowest BCUT2D eigenvalue weighted by atomic mass is 10.0. The number of non-ortho nitro benzene ring substituents is 1. The summed E-state index contributed by atoms with van der Waals surface area (Å²) in [4.78, 5) is 37.0. The first-order valence-corrected chi connectivity index (χ1v) is 10.3. The number of nitrogens with zero attached hydrogens (tertiary/aromatic N) is 1. The Morgan fingerprint density at radius 1 is 1.36 bits per heavy atom. The van der Waals surface area contributed by atoms with Gasteiger partial charge in [0.1, 0.15) is 11.2 Å². The van der Waals surface area contributed by atoms with E-state index >= 15 is 0 Å². The summed E-state index contributed by atoms with van der Waals surface area (Å²) in [5.41, 5.74) is 0.464. The number of sulfonamides is 1. The Morgan fingerprint density at radius 3 is 2.57 bits per heavy atom. The van der Waals surface area contributed by atoms with Gasteiger partial charge in [0, 0.05) is 17.9 Å². The first kappa shape index (κ1) is 19.8. The number of H-pyrrole nitrogens is 1. The molecule has 1 amide bonds. The van der Waals surface area contributed by atoms with E-state index in [0.29, 0.717) is 30.2 Å². The van der Waals surface area contributed by atoms with Crippen molar-refractivity contribution in [2.45, 2.75) is 44.3 Å². The molecule has 0 atom stereocenters. The van der Waals surface area contributed by atoms with Crippen LogP contribution in [0.1, 0.15) is 47.8 Å². The monoisotopic (exact) mass is 409 g/mol. The summed E-state index contributed by atoms with van der Waals surface area (Å²) in [6.07, 6.45) is 1.20. The Kier molecular flexibility index (Phi) is 5.11. The molecule has 28 heavy (non-hydrogen) atoms. The quantitative estimate of drug-likeness (QED) is 0.443. The molecule has 1 heterocycles. The number of aryl methyl sites for hydroxylation is 2. The van der Waals surface area contributed by atoms with Crippen molar-refractivity contribution in [2.24, 2.45) is 0 Å². The maximum Gasteiger partial charge on any atom is 0.352 e. The fraction of sp³-hybridized carbons (Fsp3) is 0.412. The van der Waals surface area contributed by atoms with Crippen molar-refractivity contribution in [1.29, 1.82) is 0 Å². The molecule has 1 saturated carbocycles. The fourth-order valence-corrected chi connectivity index (χ4v) is 4.43. The van der Waals surface area contributed by atoms with E-state index in [-0.39, 0.29) is 35.3 Å². The van der Waals surface area contributed by atoms with E-state index in [1.165, 1.54) is 6.07 Å². The SMILES string of the molecule is CCc1cc([N+](=O)[O-])c2[nH]c(C(=O)O)c(CCC(=O)NS(=O)(=O)C3CC3)c2c1. The number of nitro benzene ring substituents is 1. The van der Waals surface area contributed by atoms with Gasteiger partial charge < -0.3 is 10.1 Å². The lowest BCUT2D eigenvalue weighted by Gasteiger charge is -2.06. The normalized spacial score (nSPS) is 14.2. The molecule has 1 aliphatic rings. The molecule has 11 heteroatoms. The third kappa shape index (κ3) is 3.84. The average Bonchev–Trinajstić information content (AvgIpc) is 3.41. The van der Waals surface area contributed by atoms with Crippen LogP contribution in [0.4, 0.5) is 5.69 Å². The number of carbonyl (C=O) groups excluding carboxylic acids is 1. The summed E-state index contributed by atoms with van der Waals surface area (Å²) in [6, 6.07) is 3.03. The van der Waals surface area contributed by atoms with E-state index in [0.717, 1.165) is 0 Å². The van der Waals surface area contributed by atoms with Crippen molar-refractivity contribution in [3.63, 3.8) is 0 Å². The number of carboxylic acids is 1. The molecule has 1 aromatic heterocycles. The Bertz CT molecular complexity index is 1080. The number of nitrogens with one attached hydrogen (secondary N) is 2. The number of nitro groups is 1. The maximum atomic E-state index is 12.0. The molecule has 0 saturated heterocycles. The maximum absolute atomic E-state index is 12.0. The van der Waals surface area contributed by atoms with E-state index in [4.69, 9.17) is 0 Å². The molecule has 10 nitrogen and oxygen atoms in total. The molecule has 0 spiro atoms. The number of benzene rings is 1. The molecular weight excluding hydrogens is 390 g/mol. The van der Waals surface area contributed by atoms with Gasteiger partial charge in [0.05, 0.1) is 10.2 Å². The van der Waals surface area contributed by atoms with Crippen molar-refractivity contribution >= 4 is 38.5 Å². The number of aromatic amines is 1. The first-order chi connectivity index (χ1) is 13.1. The molecule has 0 unspecified atom stereocenters. The number of fused-ring (bicyclic) bond motifs is 1. The molecule has 150 valence electrons. The van der Waals surface area contributed by atoms with Crippen LogP contribution in [0.2, 0.25) is 0 Å². The van der Waals surface area contributed by atoms with Gasteiger partial charge in [-0.05, 0) is 42.9 Å². The van der Waals surface area contributed by atoms with Crippen LogP contribution in [0.3, 0.4) is 0 Å². The number of aromatic nitrogens is 1. The second kappa shape index (κ2) is 7.23. The predicted molar refractivity (Wildman–Crippen MR) is 99.7 cm³/mol. The van der Waals surface area contributed by atoms with Crippen LogP contribution >= 0.6 is 0 Å². The van der Waals surface area contributed by atoms with Crippen LogP contribution < -0.4 is 4.72 Å². The van der Waals surface area contributed by atoms with Gasteiger partial charge in [-0.25, -0.2) is 13.2 Å². The molecule has 1 aromatic carbocycles. The fourth-order valence-electron chi connectivity index (χ4n) is 3.09. The summed E-state index contributed by atoms with van der Waals surface area (Å²) in [6.45, 7) is 1.81. The number of aromatic carboxylic acids is 1. The molecule has 2 aromatic rings. The third-order valence-electron chi connectivity index (χ3n) is 4.69. The van der Waals surface area contributed by atoms with Crippen LogP contribution in [-0.4, -0.2) is 40.6 Å². The number of hydrogen-bond acceptors (Lipinski definition) is 6. The lowest BCUT2D eigenvalue weighted by Crippen LogP contribution is -2.33. The highest BCUT2D eigenvalue weighted by atomic mass is 32.2. The lowest BCUT2D eigenvalue weighted by molar-refractivity contribution is -0.383. The number of hydrogen-bond donors (Lipinski definition) is 3. The van der Waals surface area contributed by atoms with Crippen LogP contribution in [0, 0.1) is 10.1 Å². The Balaban J connectivity index is 1.95. The van der Waals surface area contributed by atoms with Crippen molar-refractivity contribution in [2.75, 3.05) is 0 Å². The summed E-state index contributed by atoms with van der Waals surface area (Å²) in [5.74, 6) is -2.05. The van der Waals surface area contributed by atoms with Crippen molar-refractivity contribution in [3.05, 3.63) is 39.1 Å². The van der Waals surface area contributed by atoms with Gasteiger partial charge in [-0.3, -0.25) is 19.6 Å². The van der Waals surface area contributed by atoms with Gasteiger partial charge in [-0.2, -0.15) is 0 Å². The summed E-state index contributed by atoms with van der Waals surface area (Å²) in [7, 11) is -3.69. The molecular formula is C17H19N3O7S. The van der Waals surface area contributed by atoms with E-state index < -0.39 is 32.1 Å². The van der Waals surface area contributed by atoms with E-state index in [2.05, 4.69) is 4.98 Å². The minimum absolute atomic E-state index is 0.0700. The third-order valence-corrected chi connectivity index (χ3v) is 6.56. The minimum Gasteiger partial charge on any atom is -0.477 e. The van der Waals surface area contributed by atoms with Gasteiger partial charge in [-0.15, -0.1) is 0 Å². The zero-order valence-electron chi connectivity index (χ0n) is 15.0. The molecule has 0 aliphatic heterocycles. The zero-order valence-corrected chi connectivity index (χ0v) is 15.8. The highest BCUT2D eigenvalue weighted by Crippen LogP contribution is 2.33. The van der Waals surface area contributed by atoms with E-state index in [9.17, 15) is 33.2 Å². The topological polar surface area (TPSA) is 159 Å². The van der Waals surface area contributed by atoms with Crippen molar-refractivity contribution in [1.82, 2.24) is 9.71 Å². The van der Waals surface area contributed by atoms with Crippen LogP contribution in [0.15, 0.2) is 12.1 Å². The Hall–Kier alpha value is -2.95. The van der Waals surface area contributed by atoms with E-state index in [1.54, 1.807) is 6.07 Å². The Morgan fingerprint density at radius 2 is 2.04 bits per heavy atom. The van der Waals surface area contributed by atoms with Gasteiger partial charge in [-0.1, -0.05) is 6.92 Å². The number of amides is 1. The second-order valence-corrected chi connectivity index (χ2v) is 8.66. The summed E-state index contributed by atoms with van der Waals surface area (Å²) < 4.78 is 25.7.